The fraction of sp³-hybridized carbons (Fsp3) is 0.364. The third-order valence-corrected chi connectivity index (χ3v) is 8.88. The van der Waals surface area contributed by atoms with Gasteiger partial charge in [-0.25, -0.2) is 4.39 Å². The predicted molar refractivity (Wildman–Crippen MR) is 168 cm³/mol. The Kier molecular flexibility index (Phi) is 7.22. The summed E-state index contributed by atoms with van der Waals surface area (Å²) in [5.41, 5.74) is 0.792. The zero-order valence-electron chi connectivity index (χ0n) is 24.2. The predicted octanol–water partition coefficient (Wildman–Crippen LogP) is 4.75. The van der Waals surface area contributed by atoms with Crippen LogP contribution in [0.15, 0.2) is 58.4 Å². The molecule has 4 heterocycles. The Morgan fingerprint density at radius 2 is 2.00 bits per heavy atom. The highest BCUT2D eigenvalue weighted by Gasteiger charge is 2.30. The lowest BCUT2D eigenvalue weighted by Crippen LogP contribution is -2.32. The number of rotatable bonds is 9. The van der Waals surface area contributed by atoms with Gasteiger partial charge >= 0.3 is 0 Å². The van der Waals surface area contributed by atoms with Crippen LogP contribution in [0.25, 0.3) is 27.4 Å². The van der Waals surface area contributed by atoms with E-state index in [2.05, 4.69) is 32.5 Å². The summed E-state index contributed by atoms with van der Waals surface area (Å²) in [5.74, 6) is -0.253. The molecule has 1 unspecified atom stereocenters. The first kappa shape index (κ1) is 27.4. The van der Waals surface area contributed by atoms with Gasteiger partial charge in [0.2, 0.25) is 5.43 Å². The SMILES string of the molecule is CN1CCCC1CCNc1c(F)cc2c(=O)c(C(=O)NCCCN3C=NCC3)cn3c2c1Oc1c-3ccc2ccccc12. The number of carbonyl (C=O) groups is 1. The summed E-state index contributed by atoms with van der Waals surface area (Å²) < 4.78 is 24.2. The van der Waals surface area contributed by atoms with Gasteiger partial charge in [-0.15, -0.1) is 0 Å². The van der Waals surface area contributed by atoms with Crippen molar-refractivity contribution in [2.75, 3.05) is 51.6 Å². The summed E-state index contributed by atoms with van der Waals surface area (Å²) in [4.78, 5) is 35.7. The maximum Gasteiger partial charge on any atom is 0.256 e. The molecular weight excluding hydrogens is 547 g/mol. The van der Waals surface area contributed by atoms with E-state index in [0.29, 0.717) is 42.5 Å². The van der Waals surface area contributed by atoms with E-state index in [1.165, 1.54) is 12.5 Å². The van der Waals surface area contributed by atoms with Crippen molar-refractivity contribution in [3.8, 4) is 17.2 Å². The molecule has 1 atom stereocenters. The number of nitrogens with zero attached hydrogens (tertiary/aromatic N) is 4. The molecule has 2 N–H and O–H groups in total. The molecule has 4 aromatic rings. The van der Waals surface area contributed by atoms with Crippen molar-refractivity contribution in [1.29, 1.82) is 0 Å². The zero-order valence-corrected chi connectivity index (χ0v) is 24.2. The molecule has 0 spiro atoms. The molecule has 7 rings (SSSR count). The van der Waals surface area contributed by atoms with Gasteiger partial charge < -0.3 is 29.7 Å². The Labute approximate surface area is 248 Å². The molecule has 1 aromatic heterocycles. The quantitative estimate of drug-likeness (QED) is 0.244. The fourth-order valence-corrected chi connectivity index (χ4v) is 6.55. The lowest BCUT2D eigenvalue weighted by Gasteiger charge is -2.27. The van der Waals surface area contributed by atoms with Crippen molar-refractivity contribution < 1.29 is 13.9 Å². The van der Waals surface area contributed by atoms with Crippen LogP contribution in [0.3, 0.4) is 0 Å². The van der Waals surface area contributed by atoms with Crippen LogP contribution in [-0.4, -0.2) is 79.0 Å². The molecule has 0 saturated carbocycles. The maximum absolute atomic E-state index is 15.9. The Balaban J connectivity index is 1.28. The van der Waals surface area contributed by atoms with Crippen molar-refractivity contribution >= 4 is 39.6 Å². The second-order valence-electron chi connectivity index (χ2n) is 11.6. The number of ether oxygens (including phenoxy) is 1. The monoisotopic (exact) mass is 582 g/mol. The number of aliphatic imine (C=N–C) groups is 1. The molecule has 222 valence electrons. The lowest BCUT2D eigenvalue weighted by molar-refractivity contribution is 0.0951. The maximum atomic E-state index is 15.9. The number of fused-ring (bicyclic) bond motifs is 4. The summed E-state index contributed by atoms with van der Waals surface area (Å²) in [6.45, 7) is 4.47. The van der Waals surface area contributed by atoms with Gasteiger partial charge in [0.05, 0.1) is 24.0 Å². The van der Waals surface area contributed by atoms with E-state index >= 15 is 4.39 Å². The molecular formula is C33H35FN6O3. The Morgan fingerprint density at radius 1 is 1.12 bits per heavy atom. The molecule has 43 heavy (non-hydrogen) atoms. The average molecular weight is 583 g/mol. The minimum Gasteiger partial charge on any atom is -0.450 e. The molecule has 0 radical (unpaired) electrons. The van der Waals surface area contributed by atoms with Crippen molar-refractivity contribution in [3.05, 3.63) is 70.3 Å². The van der Waals surface area contributed by atoms with Gasteiger partial charge in [-0.1, -0.05) is 30.3 Å². The van der Waals surface area contributed by atoms with Crippen LogP contribution >= 0.6 is 0 Å². The van der Waals surface area contributed by atoms with Crippen LogP contribution in [0, 0.1) is 5.82 Å². The smallest absolute Gasteiger partial charge is 0.256 e. The number of carbonyl (C=O) groups excluding carboxylic acids is 1. The third-order valence-electron chi connectivity index (χ3n) is 8.88. The van der Waals surface area contributed by atoms with Gasteiger partial charge in [-0.05, 0) is 56.8 Å². The molecule has 10 heteroatoms. The van der Waals surface area contributed by atoms with E-state index in [1.54, 1.807) is 6.20 Å². The van der Waals surface area contributed by atoms with E-state index in [-0.39, 0.29) is 22.4 Å². The summed E-state index contributed by atoms with van der Waals surface area (Å²) >= 11 is 0. The largest absolute Gasteiger partial charge is 0.450 e. The second-order valence-corrected chi connectivity index (χ2v) is 11.6. The molecule has 3 aliphatic rings. The second kappa shape index (κ2) is 11.3. The number of aromatic nitrogens is 1. The molecule has 1 amide bonds. The lowest BCUT2D eigenvalue weighted by atomic mass is 10.0. The van der Waals surface area contributed by atoms with Crippen molar-refractivity contribution in [2.24, 2.45) is 4.99 Å². The van der Waals surface area contributed by atoms with Gasteiger partial charge in [0.15, 0.2) is 17.3 Å². The fourth-order valence-electron chi connectivity index (χ4n) is 6.55. The minimum absolute atomic E-state index is 0.0356. The molecule has 3 aliphatic heterocycles. The van der Waals surface area contributed by atoms with Gasteiger partial charge in [0, 0.05) is 43.8 Å². The van der Waals surface area contributed by atoms with Crippen LogP contribution < -0.4 is 20.8 Å². The summed E-state index contributed by atoms with van der Waals surface area (Å²) in [7, 11) is 2.12. The zero-order chi connectivity index (χ0) is 29.5. The van der Waals surface area contributed by atoms with E-state index < -0.39 is 17.2 Å². The first-order chi connectivity index (χ1) is 21.0. The minimum atomic E-state index is -0.584. The first-order valence-corrected chi connectivity index (χ1v) is 15.1. The van der Waals surface area contributed by atoms with Crippen LogP contribution in [0.4, 0.5) is 10.1 Å². The number of amides is 1. The van der Waals surface area contributed by atoms with Crippen molar-refractivity contribution in [1.82, 2.24) is 19.7 Å². The number of pyridine rings is 1. The average Bonchev–Trinajstić information content (AvgIpc) is 3.69. The molecule has 9 nitrogen and oxygen atoms in total. The normalized spacial score (nSPS) is 17.4. The highest BCUT2D eigenvalue weighted by molar-refractivity contribution is 6.03. The number of hydrogen-bond donors (Lipinski definition) is 2. The topological polar surface area (TPSA) is 91.2 Å². The van der Waals surface area contributed by atoms with Gasteiger partial charge in [0.1, 0.15) is 16.8 Å². The highest BCUT2D eigenvalue weighted by Crippen LogP contribution is 2.47. The van der Waals surface area contributed by atoms with Crippen LogP contribution in [0.2, 0.25) is 0 Å². The Bertz CT molecular complexity index is 1820. The number of likely N-dealkylation sites (tertiary alicyclic amines) is 1. The summed E-state index contributed by atoms with van der Waals surface area (Å²) in [5, 5.41) is 8.11. The summed E-state index contributed by atoms with van der Waals surface area (Å²) in [6, 6.07) is 13.4. The first-order valence-electron chi connectivity index (χ1n) is 15.1. The summed E-state index contributed by atoms with van der Waals surface area (Å²) in [6.07, 6.45) is 7.27. The van der Waals surface area contributed by atoms with E-state index in [0.717, 1.165) is 49.8 Å². The molecule has 1 fully saturated rings. The van der Waals surface area contributed by atoms with Gasteiger partial charge in [0.25, 0.3) is 5.91 Å². The number of hydrogen-bond acceptors (Lipinski definition) is 7. The van der Waals surface area contributed by atoms with E-state index in [4.69, 9.17) is 4.74 Å². The third kappa shape index (κ3) is 4.99. The van der Waals surface area contributed by atoms with Crippen LogP contribution in [0.1, 0.15) is 36.0 Å². The highest BCUT2D eigenvalue weighted by atomic mass is 19.1. The van der Waals surface area contributed by atoms with Gasteiger partial charge in [-0.3, -0.25) is 14.6 Å². The molecule has 1 saturated heterocycles. The van der Waals surface area contributed by atoms with Crippen molar-refractivity contribution in [2.45, 2.75) is 31.7 Å². The Morgan fingerprint density at radius 3 is 2.81 bits per heavy atom. The molecule has 0 bridgehead atoms. The van der Waals surface area contributed by atoms with E-state index in [1.807, 2.05) is 47.3 Å². The number of halogens is 1. The van der Waals surface area contributed by atoms with Crippen LogP contribution in [0.5, 0.6) is 11.5 Å². The van der Waals surface area contributed by atoms with E-state index in [9.17, 15) is 9.59 Å². The number of nitrogens with one attached hydrogen (secondary N) is 2. The Hall–Kier alpha value is -4.44. The molecule has 3 aromatic carbocycles. The van der Waals surface area contributed by atoms with Crippen molar-refractivity contribution in [3.63, 3.8) is 0 Å². The number of anilines is 1. The standard InChI is InChI=1S/C33H35FN6O3/c1-38-15-4-7-22(38)11-13-36-28-26(34)18-24-29-32(28)43-31-23-8-3-2-6-21(23)9-10-27(31)40(29)19-25(30(24)41)33(42)37-12-5-16-39-17-14-35-20-39/h2-3,6,8-10,18-20,22,36H,4-5,7,11-17H2,1H3,(H,37,42). The van der Waals surface area contributed by atoms with Gasteiger partial charge in [-0.2, -0.15) is 0 Å². The molecule has 0 aliphatic carbocycles. The number of benzene rings is 3. The van der Waals surface area contributed by atoms with Crippen LogP contribution in [-0.2, 0) is 0 Å².